The van der Waals surface area contributed by atoms with Gasteiger partial charge in [0, 0.05) is 18.3 Å². The Morgan fingerprint density at radius 1 is 1.38 bits per heavy atom. The second kappa shape index (κ2) is 6.58. The van der Waals surface area contributed by atoms with Crippen molar-refractivity contribution in [2.75, 3.05) is 5.32 Å². The molecule has 3 heteroatoms. The van der Waals surface area contributed by atoms with Crippen molar-refractivity contribution in [3.05, 3.63) is 54.1 Å². The number of carbonyl (C=O) groups excluding carboxylic acids is 1. The van der Waals surface area contributed by atoms with Gasteiger partial charge in [-0.15, -0.1) is 0 Å². The first kappa shape index (κ1) is 12.2. The van der Waals surface area contributed by atoms with Gasteiger partial charge < -0.3 is 11.1 Å². The Balaban J connectivity index is 2.69. The molecule has 0 aliphatic carbocycles. The lowest BCUT2D eigenvalue weighted by atomic mass is 10.2. The van der Waals surface area contributed by atoms with Gasteiger partial charge in [0.15, 0.2) is 0 Å². The molecule has 0 spiro atoms. The molecule has 1 aromatic carbocycles. The summed E-state index contributed by atoms with van der Waals surface area (Å²) < 4.78 is 0. The van der Waals surface area contributed by atoms with Crippen LogP contribution in [0.5, 0.6) is 0 Å². The van der Waals surface area contributed by atoms with Gasteiger partial charge in [0.05, 0.1) is 0 Å². The Bertz CT molecular complexity index is 408. The highest BCUT2D eigenvalue weighted by molar-refractivity contribution is 5.99. The fourth-order valence-corrected chi connectivity index (χ4v) is 1.25. The normalized spacial score (nSPS) is 11.1. The molecular weight excluding hydrogens is 200 g/mol. The van der Waals surface area contributed by atoms with Gasteiger partial charge in [-0.05, 0) is 18.6 Å². The summed E-state index contributed by atoms with van der Waals surface area (Å²) in [5.74, 6) is -0.154. The van der Waals surface area contributed by atoms with E-state index >= 15 is 0 Å². The summed E-state index contributed by atoms with van der Waals surface area (Å²) in [6, 6.07) is 7.49. The van der Waals surface area contributed by atoms with Gasteiger partial charge in [-0.1, -0.05) is 36.4 Å². The minimum absolute atomic E-state index is 0.154. The fraction of sp³-hybridized carbons (Fsp3) is 0.154. The molecule has 0 unspecified atom stereocenters. The lowest BCUT2D eigenvalue weighted by Crippen LogP contribution is -2.11. The predicted octanol–water partition coefficient (Wildman–Crippen LogP) is 2.22. The summed E-state index contributed by atoms with van der Waals surface area (Å²) in [7, 11) is 0. The second-order valence-electron chi connectivity index (χ2n) is 3.24. The molecule has 0 aliphatic rings. The zero-order chi connectivity index (χ0) is 11.8. The zero-order valence-corrected chi connectivity index (χ0v) is 9.31. The third-order valence-corrected chi connectivity index (χ3v) is 2.05. The van der Waals surface area contributed by atoms with Crippen LogP contribution in [0, 0.1) is 0 Å². The molecule has 0 saturated carbocycles. The number of amides is 1. The van der Waals surface area contributed by atoms with Crippen LogP contribution in [0.3, 0.4) is 0 Å². The van der Waals surface area contributed by atoms with Crippen molar-refractivity contribution in [1.29, 1.82) is 0 Å². The van der Waals surface area contributed by atoms with Crippen LogP contribution in [0.1, 0.15) is 12.5 Å². The SMILES string of the molecule is C/C=C/C=C/C(=O)Nc1ccccc1CN. The monoisotopic (exact) mass is 216 g/mol. The van der Waals surface area contributed by atoms with E-state index < -0.39 is 0 Å². The molecule has 0 atom stereocenters. The number of anilines is 1. The first-order valence-corrected chi connectivity index (χ1v) is 5.16. The van der Waals surface area contributed by atoms with Gasteiger partial charge >= 0.3 is 0 Å². The van der Waals surface area contributed by atoms with Gasteiger partial charge in [0.1, 0.15) is 0 Å². The minimum atomic E-state index is -0.154. The van der Waals surface area contributed by atoms with Gasteiger partial charge in [0.2, 0.25) is 5.91 Å². The third kappa shape index (κ3) is 3.71. The van der Waals surface area contributed by atoms with E-state index in [9.17, 15) is 4.79 Å². The average Bonchev–Trinajstić information content (AvgIpc) is 2.30. The van der Waals surface area contributed by atoms with Crippen LogP contribution in [-0.4, -0.2) is 5.91 Å². The Morgan fingerprint density at radius 3 is 2.81 bits per heavy atom. The smallest absolute Gasteiger partial charge is 0.248 e. The molecule has 0 heterocycles. The third-order valence-electron chi connectivity index (χ3n) is 2.05. The standard InChI is InChI=1S/C13H16N2O/c1-2-3-4-9-13(16)15-12-8-6-5-7-11(12)10-14/h2-9H,10,14H2,1H3,(H,15,16)/b3-2+,9-4+. The van der Waals surface area contributed by atoms with Crippen molar-refractivity contribution < 1.29 is 4.79 Å². The fourth-order valence-electron chi connectivity index (χ4n) is 1.25. The van der Waals surface area contributed by atoms with Crippen molar-refractivity contribution in [1.82, 2.24) is 0 Å². The average molecular weight is 216 g/mol. The summed E-state index contributed by atoms with van der Waals surface area (Å²) in [5.41, 5.74) is 7.26. The lowest BCUT2D eigenvalue weighted by molar-refractivity contribution is -0.111. The summed E-state index contributed by atoms with van der Waals surface area (Å²) in [6.45, 7) is 2.31. The molecule has 1 amide bonds. The number of hydrogen-bond donors (Lipinski definition) is 2. The molecular formula is C13H16N2O. The highest BCUT2D eigenvalue weighted by atomic mass is 16.1. The van der Waals surface area contributed by atoms with Gasteiger partial charge in [-0.2, -0.15) is 0 Å². The lowest BCUT2D eigenvalue weighted by Gasteiger charge is -2.07. The topological polar surface area (TPSA) is 55.1 Å². The summed E-state index contributed by atoms with van der Waals surface area (Å²) >= 11 is 0. The maximum absolute atomic E-state index is 11.5. The van der Waals surface area contributed by atoms with Crippen molar-refractivity contribution in [2.24, 2.45) is 5.73 Å². The van der Waals surface area contributed by atoms with Gasteiger partial charge in [0.25, 0.3) is 0 Å². The Hall–Kier alpha value is -1.87. The molecule has 3 nitrogen and oxygen atoms in total. The van der Waals surface area contributed by atoms with E-state index in [0.717, 1.165) is 11.3 Å². The number of para-hydroxylation sites is 1. The molecule has 84 valence electrons. The second-order valence-corrected chi connectivity index (χ2v) is 3.24. The van der Waals surface area contributed by atoms with Gasteiger partial charge in [-0.3, -0.25) is 4.79 Å². The van der Waals surface area contributed by atoms with Crippen molar-refractivity contribution in [2.45, 2.75) is 13.5 Å². The maximum Gasteiger partial charge on any atom is 0.248 e. The number of nitrogens with two attached hydrogens (primary N) is 1. The van der Waals surface area contributed by atoms with E-state index in [1.807, 2.05) is 37.3 Å². The number of rotatable bonds is 4. The van der Waals surface area contributed by atoms with Crippen LogP contribution < -0.4 is 11.1 Å². The predicted molar refractivity (Wildman–Crippen MR) is 66.9 cm³/mol. The molecule has 0 aromatic heterocycles. The quantitative estimate of drug-likeness (QED) is 0.599. The molecule has 0 bridgehead atoms. The van der Waals surface area contributed by atoms with Crippen LogP contribution in [0.2, 0.25) is 0 Å². The van der Waals surface area contributed by atoms with Crippen LogP contribution in [0.25, 0.3) is 0 Å². The zero-order valence-electron chi connectivity index (χ0n) is 9.31. The molecule has 1 aromatic rings. The summed E-state index contributed by atoms with van der Waals surface area (Å²) in [4.78, 5) is 11.5. The summed E-state index contributed by atoms with van der Waals surface area (Å²) in [6.07, 6.45) is 6.83. The highest BCUT2D eigenvalue weighted by Crippen LogP contribution is 2.13. The number of nitrogens with one attached hydrogen (secondary N) is 1. The largest absolute Gasteiger partial charge is 0.326 e. The molecule has 0 fully saturated rings. The van der Waals surface area contributed by atoms with E-state index in [2.05, 4.69) is 5.32 Å². The molecule has 3 N–H and O–H groups in total. The van der Waals surface area contributed by atoms with Crippen molar-refractivity contribution in [3.63, 3.8) is 0 Å². The number of allylic oxidation sites excluding steroid dienone is 3. The van der Waals surface area contributed by atoms with Gasteiger partial charge in [-0.25, -0.2) is 0 Å². The number of carbonyl (C=O) groups is 1. The van der Waals surface area contributed by atoms with Crippen molar-refractivity contribution in [3.8, 4) is 0 Å². The van der Waals surface area contributed by atoms with E-state index in [0.29, 0.717) is 6.54 Å². The van der Waals surface area contributed by atoms with Crippen LogP contribution in [0.15, 0.2) is 48.6 Å². The Kier molecular flexibility index (Phi) is 5.02. The maximum atomic E-state index is 11.5. The summed E-state index contributed by atoms with van der Waals surface area (Å²) in [5, 5.41) is 2.78. The molecule has 1 rings (SSSR count). The van der Waals surface area contributed by atoms with E-state index in [1.165, 1.54) is 6.08 Å². The molecule has 16 heavy (non-hydrogen) atoms. The Morgan fingerprint density at radius 2 is 2.12 bits per heavy atom. The molecule has 0 saturated heterocycles. The van der Waals surface area contributed by atoms with E-state index in [4.69, 9.17) is 5.73 Å². The molecule has 0 aliphatic heterocycles. The van der Waals surface area contributed by atoms with Crippen molar-refractivity contribution >= 4 is 11.6 Å². The molecule has 0 radical (unpaired) electrons. The number of hydrogen-bond acceptors (Lipinski definition) is 2. The highest BCUT2D eigenvalue weighted by Gasteiger charge is 2.01. The van der Waals surface area contributed by atoms with Crippen LogP contribution >= 0.6 is 0 Å². The Labute approximate surface area is 95.7 Å². The van der Waals surface area contributed by atoms with Crippen LogP contribution in [0.4, 0.5) is 5.69 Å². The van der Waals surface area contributed by atoms with E-state index in [-0.39, 0.29) is 5.91 Å². The van der Waals surface area contributed by atoms with E-state index in [1.54, 1.807) is 12.2 Å². The van der Waals surface area contributed by atoms with Crippen LogP contribution in [-0.2, 0) is 11.3 Å². The first-order valence-electron chi connectivity index (χ1n) is 5.16. The minimum Gasteiger partial charge on any atom is -0.326 e. The first-order chi connectivity index (χ1) is 7.77. The number of benzene rings is 1.